The summed E-state index contributed by atoms with van der Waals surface area (Å²) < 4.78 is 33.2. The SMILES string of the molecule is N[C@H]1CC(N2CC3=CCN=C3C2)CO[C@@H]1c1cc(F)ccc1F. The van der Waals surface area contributed by atoms with E-state index in [2.05, 4.69) is 16.0 Å². The number of fused-ring (bicyclic) bond motifs is 1. The third-order valence-electron chi connectivity index (χ3n) is 4.90. The Kier molecular flexibility index (Phi) is 3.75. The van der Waals surface area contributed by atoms with Crippen LogP contribution in [0.2, 0.25) is 0 Å². The largest absolute Gasteiger partial charge is 0.370 e. The second kappa shape index (κ2) is 5.78. The number of ether oxygens (including phenoxy) is 1. The molecule has 3 atom stereocenters. The van der Waals surface area contributed by atoms with Crippen molar-refractivity contribution in [2.24, 2.45) is 10.7 Å². The minimum atomic E-state index is -0.597. The molecule has 0 aromatic heterocycles. The molecular formula is C17H19F2N3O. The summed E-state index contributed by atoms with van der Waals surface area (Å²) in [5.41, 5.74) is 8.89. The first kappa shape index (κ1) is 14.9. The molecule has 1 unspecified atom stereocenters. The fourth-order valence-electron chi connectivity index (χ4n) is 3.67. The molecule has 0 radical (unpaired) electrons. The summed E-state index contributed by atoms with van der Waals surface area (Å²) in [5, 5.41) is 0. The minimum absolute atomic E-state index is 0.187. The number of benzene rings is 1. The number of nitrogens with two attached hydrogens (primary N) is 1. The van der Waals surface area contributed by atoms with Crippen molar-refractivity contribution in [3.8, 4) is 0 Å². The summed E-state index contributed by atoms with van der Waals surface area (Å²) in [6, 6.07) is 3.24. The quantitative estimate of drug-likeness (QED) is 0.905. The van der Waals surface area contributed by atoms with E-state index >= 15 is 0 Å². The Labute approximate surface area is 133 Å². The zero-order valence-electron chi connectivity index (χ0n) is 12.7. The Morgan fingerprint density at radius 3 is 2.91 bits per heavy atom. The molecule has 0 spiro atoms. The van der Waals surface area contributed by atoms with Gasteiger partial charge in [-0.2, -0.15) is 0 Å². The summed E-state index contributed by atoms with van der Waals surface area (Å²) in [5.74, 6) is -0.947. The summed E-state index contributed by atoms with van der Waals surface area (Å²) >= 11 is 0. The van der Waals surface area contributed by atoms with Crippen LogP contribution < -0.4 is 5.73 Å². The molecule has 23 heavy (non-hydrogen) atoms. The van der Waals surface area contributed by atoms with Gasteiger partial charge in [0, 0.05) is 30.7 Å². The van der Waals surface area contributed by atoms with Crippen molar-refractivity contribution in [1.29, 1.82) is 0 Å². The first-order chi connectivity index (χ1) is 11.1. The number of rotatable bonds is 2. The average Bonchev–Trinajstić information content (AvgIpc) is 3.11. The highest BCUT2D eigenvalue weighted by atomic mass is 19.1. The monoisotopic (exact) mass is 319 g/mol. The third kappa shape index (κ3) is 2.71. The normalized spacial score (nSPS) is 31.0. The van der Waals surface area contributed by atoms with Crippen molar-refractivity contribution in [3.05, 3.63) is 47.0 Å². The second-order valence-electron chi connectivity index (χ2n) is 6.39. The smallest absolute Gasteiger partial charge is 0.129 e. The predicted octanol–water partition coefficient (Wildman–Crippen LogP) is 1.82. The molecule has 0 amide bonds. The van der Waals surface area contributed by atoms with Crippen LogP contribution in [0.15, 0.2) is 34.8 Å². The van der Waals surface area contributed by atoms with Crippen LogP contribution in [-0.4, -0.2) is 48.9 Å². The number of halogens is 2. The van der Waals surface area contributed by atoms with E-state index in [1.54, 1.807) is 0 Å². The zero-order valence-corrected chi connectivity index (χ0v) is 12.7. The van der Waals surface area contributed by atoms with Crippen molar-refractivity contribution in [3.63, 3.8) is 0 Å². The number of hydrogen-bond donors (Lipinski definition) is 1. The fraction of sp³-hybridized carbons (Fsp3) is 0.471. The summed E-state index contributed by atoms with van der Waals surface area (Å²) in [6.45, 7) is 2.96. The van der Waals surface area contributed by atoms with Crippen LogP contribution in [0.4, 0.5) is 8.78 Å². The Hall–Kier alpha value is -1.63. The highest BCUT2D eigenvalue weighted by molar-refractivity contribution is 6.05. The average molecular weight is 319 g/mol. The van der Waals surface area contributed by atoms with E-state index in [1.807, 2.05) is 0 Å². The van der Waals surface area contributed by atoms with Gasteiger partial charge < -0.3 is 10.5 Å². The van der Waals surface area contributed by atoms with Crippen LogP contribution in [0.3, 0.4) is 0 Å². The topological polar surface area (TPSA) is 50.8 Å². The van der Waals surface area contributed by atoms with E-state index < -0.39 is 17.7 Å². The lowest BCUT2D eigenvalue weighted by molar-refractivity contribution is -0.0453. The van der Waals surface area contributed by atoms with E-state index in [-0.39, 0.29) is 17.6 Å². The molecule has 3 aliphatic heterocycles. The fourth-order valence-corrected chi connectivity index (χ4v) is 3.67. The Bertz CT molecular complexity index is 668. The number of aliphatic imine (C=N–C) groups is 1. The number of likely N-dealkylation sites (tertiary alicyclic amines) is 1. The van der Waals surface area contributed by atoms with Crippen molar-refractivity contribution >= 4 is 5.71 Å². The maximum Gasteiger partial charge on any atom is 0.129 e. The first-order valence-corrected chi connectivity index (χ1v) is 7.90. The molecule has 2 fully saturated rings. The highest BCUT2D eigenvalue weighted by Gasteiger charge is 2.37. The minimum Gasteiger partial charge on any atom is -0.370 e. The second-order valence-corrected chi connectivity index (χ2v) is 6.39. The molecule has 3 aliphatic rings. The molecular weight excluding hydrogens is 300 g/mol. The van der Waals surface area contributed by atoms with Gasteiger partial charge in [-0.1, -0.05) is 6.08 Å². The molecule has 0 saturated carbocycles. The van der Waals surface area contributed by atoms with Gasteiger partial charge in [0.05, 0.1) is 18.9 Å². The van der Waals surface area contributed by atoms with Crippen LogP contribution in [0.1, 0.15) is 18.1 Å². The summed E-state index contributed by atoms with van der Waals surface area (Å²) in [6.07, 6.45) is 2.26. The Morgan fingerprint density at radius 2 is 2.13 bits per heavy atom. The molecule has 4 nitrogen and oxygen atoms in total. The van der Waals surface area contributed by atoms with Crippen LogP contribution in [0, 0.1) is 11.6 Å². The molecule has 2 N–H and O–H groups in total. The van der Waals surface area contributed by atoms with E-state index in [0.29, 0.717) is 13.0 Å². The predicted molar refractivity (Wildman–Crippen MR) is 83.4 cm³/mol. The van der Waals surface area contributed by atoms with Crippen molar-refractivity contribution < 1.29 is 13.5 Å². The van der Waals surface area contributed by atoms with Gasteiger partial charge in [-0.05, 0) is 30.2 Å². The first-order valence-electron chi connectivity index (χ1n) is 7.90. The zero-order chi connectivity index (χ0) is 16.0. The van der Waals surface area contributed by atoms with E-state index in [0.717, 1.165) is 37.5 Å². The molecule has 1 aromatic carbocycles. The van der Waals surface area contributed by atoms with Gasteiger partial charge in [-0.3, -0.25) is 9.89 Å². The van der Waals surface area contributed by atoms with Crippen molar-refractivity contribution in [1.82, 2.24) is 4.90 Å². The van der Waals surface area contributed by atoms with E-state index in [9.17, 15) is 8.78 Å². The molecule has 4 rings (SSSR count). The van der Waals surface area contributed by atoms with E-state index in [4.69, 9.17) is 10.5 Å². The van der Waals surface area contributed by atoms with Gasteiger partial charge in [0.2, 0.25) is 0 Å². The van der Waals surface area contributed by atoms with Gasteiger partial charge >= 0.3 is 0 Å². The van der Waals surface area contributed by atoms with Gasteiger partial charge in [-0.15, -0.1) is 0 Å². The van der Waals surface area contributed by atoms with Crippen molar-refractivity contribution in [2.45, 2.75) is 24.6 Å². The summed E-state index contributed by atoms with van der Waals surface area (Å²) in [7, 11) is 0. The van der Waals surface area contributed by atoms with Crippen LogP contribution in [-0.2, 0) is 4.74 Å². The molecule has 3 heterocycles. The lowest BCUT2D eigenvalue weighted by atomic mass is 9.93. The maximum atomic E-state index is 13.9. The molecule has 6 heteroatoms. The lowest BCUT2D eigenvalue weighted by Crippen LogP contribution is -2.48. The third-order valence-corrected chi connectivity index (χ3v) is 4.90. The van der Waals surface area contributed by atoms with Gasteiger partial charge in [0.25, 0.3) is 0 Å². The Balaban J connectivity index is 1.46. The van der Waals surface area contributed by atoms with Crippen molar-refractivity contribution in [2.75, 3.05) is 26.2 Å². The molecule has 0 aliphatic carbocycles. The molecule has 2 saturated heterocycles. The molecule has 0 bridgehead atoms. The molecule has 122 valence electrons. The lowest BCUT2D eigenvalue weighted by Gasteiger charge is -2.38. The van der Waals surface area contributed by atoms with Gasteiger partial charge in [-0.25, -0.2) is 8.78 Å². The highest BCUT2D eigenvalue weighted by Crippen LogP contribution is 2.32. The van der Waals surface area contributed by atoms with Gasteiger partial charge in [0.15, 0.2) is 0 Å². The van der Waals surface area contributed by atoms with Gasteiger partial charge in [0.1, 0.15) is 17.7 Å². The van der Waals surface area contributed by atoms with Crippen LogP contribution in [0.25, 0.3) is 0 Å². The summed E-state index contributed by atoms with van der Waals surface area (Å²) in [4.78, 5) is 6.77. The maximum absolute atomic E-state index is 13.9. The number of hydrogen-bond acceptors (Lipinski definition) is 4. The Morgan fingerprint density at radius 1 is 1.26 bits per heavy atom. The standard InChI is InChI=1S/C17H19F2N3O/c18-11-1-2-14(19)13(5-11)17-15(20)6-12(9-23-17)22-7-10-3-4-21-16(10)8-22/h1-3,5,12,15,17H,4,6-9,20H2/t12?,15-,17+/m0/s1. The number of nitrogens with zero attached hydrogens (tertiary/aromatic N) is 2. The molecule has 1 aromatic rings. The van der Waals surface area contributed by atoms with E-state index in [1.165, 1.54) is 11.6 Å². The van der Waals surface area contributed by atoms with Crippen LogP contribution in [0.5, 0.6) is 0 Å². The van der Waals surface area contributed by atoms with Crippen LogP contribution >= 0.6 is 0 Å².